The molecule has 0 aliphatic carbocycles. The van der Waals surface area contributed by atoms with Crippen molar-refractivity contribution in [1.29, 1.82) is 0 Å². The summed E-state index contributed by atoms with van der Waals surface area (Å²) >= 11 is 12.0. The summed E-state index contributed by atoms with van der Waals surface area (Å²) in [5, 5.41) is 9.60. The number of aliphatic carboxylic acids is 1. The van der Waals surface area contributed by atoms with Crippen LogP contribution in [0.4, 0.5) is 0 Å². The van der Waals surface area contributed by atoms with Gasteiger partial charge in [-0.1, -0.05) is 35.3 Å². The summed E-state index contributed by atoms with van der Waals surface area (Å²) in [5.41, 5.74) is 0.608. The Morgan fingerprint density at radius 3 is 2.42 bits per heavy atom. The lowest BCUT2D eigenvalue weighted by Gasteiger charge is -2.22. The van der Waals surface area contributed by atoms with Gasteiger partial charge in [-0.05, 0) is 48.0 Å². The van der Waals surface area contributed by atoms with E-state index in [1.807, 2.05) is 0 Å². The van der Waals surface area contributed by atoms with Crippen molar-refractivity contribution in [2.75, 3.05) is 19.8 Å². The average molecular weight is 511 g/mol. The summed E-state index contributed by atoms with van der Waals surface area (Å²) in [7, 11) is -3.90. The largest absolute Gasteiger partial charge is 0.492 e. The standard InChI is InChI=1S/C22H20Cl2N2O6S/c23-17-10-18(24)12-20(11-17)31-8-7-26(33(29,30)21-5-2-6-25-13-21)14-16-3-1-4-19(9-16)32-15-22(27)28/h1-6,9-13H,7-8,14-15H2,(H,27,28). The molecule has 8 nitrogen and oxygen atoms in total. The molecule has 0 unspecified atom stereocenters. The molecule has 3 rings (SSSR count). The van der Waals surface area contributed by atoms with E-state index in [4.69, 9.17) is 37.8 Å². The number of aromatic nitrogens is 1. The zero-order chi connectivity index (χ0) is 23.8. The maximum absolute atomic E-state index is 13.3. The number of pyridine rings is 1. The third-order valence-corrected chi connectivity index (χ3v) is 6.60. The van der Waals surface area contributed by atoms with Gasteiger partial charge in [-0.25, -0.2) is 13.2 Å². The predicted octanol–water partition coefficient (Wildman–Crippen LogP) is 4.12. The van der Waals surface area contributed by atoms with Crippen molar-refractivity contribution in [2.45, 2.75) is 11.4 Å². The first-order valence-electron chi connectivity index (χ1n) is 9.66. The number of halogens is 2. The number of hydrogen-bond acceptors (Lipinski definition) is 6. The zero-order valence-corrected chi connectivity index (χ0v) is 19.6. The number of benzene rings is 2. The molecule has 0 spiro atoms. The second-order valence-corrected chi connectivity index (χ2v) is 9.62. The third-order valence-electron chi connectivity index (χ3n) is 4.34. The molecule has 33 heavy (non-hydrogen) atoms. The van der Waals surface area contributed by atoms with Gasteiger partial charge in [0.15, 0.2) is 6.61 Å². The van der Waals surface area contributed by atoms with E-state index in [1.165, 1.54) is 28.8 Å². The van der Waals surface area contributed by atoms with Crippen molar-refractivity contribution in [3.05, 3.63) is 82.6 Å². The van der Waals surface area contributed by atoms with Crippen LogP contribution >= 0.6 is 23.2 Å². The van der Waals surface area contributed by atoms with Crippen molar-refractivity contribution in [1.82, 2.24) is 9.29 Å². The second-order valence-electron chi connectivity index (χ2n) is 6.81. The van der Waals surface area contributed by atoms with Crippen molar-refractivity contribution < 1.29 is 27.8 Å². The van der Waals surface area contributed by atoms with Crippen LogP contribution in [0.3, 0.4) is 0 Å². The minimum absolute atomic E-state index is 0.00115. The number of carboxylic acids is 1. The molecule has 0 saturated heterocycles. The molecule has 0 saturated carbocycles. The lowest BCUT2D eigenvalue weighted by atomic mass is 10.2. The first-order chi connectivity index (χ1) is 15.7. The van der Waals surface area contributed by atoms with Crippen LogP contribution in [-0.2, 0) is 21.4 Å². The number of carboxylic acid groups (broad SMARTS) is 1. The molecule has 1 N–H and O–H groups in total. The molecule has 3 aromatic rings. The molecule has 0 fully saturated rings. The molecule has 0 atom stereocenters. The molecule has 0 amide bonds. The molecule has 0 aliphatic heterocycles. The average Bonchev–Trinajstić information content (AvgIpc) is 2.77. The fourth-order valence-corrected chi connectivity index (χ4v) is 4.78. The maximum atomic E-state index is 13.3. The van der Waals surface area contributed by atoms with Gasteiger partial charge in [0.25, 0.3) is 0 Å². The van der Waals surface area contributed by atoms with Gasteiger partial charge in [-0.2, -0.15) is 4.31 Å². The lowest BCUT2D eigenvalue weighted by molar-refractivity contribution is -0.139. The highest BCUT2D eigenvalue weighted by Gasteiger charge is 2.25. The molecule has 1 heterocycles. The fourth-order valence-electron chi connectivity index (χ4n) is 2.89. The SMILES string of the molecule is O=C(O)COc1cccc(CN(CCOc2cc(Cl)cc(Cl)c2)S(=O)(=O)c2cccnc2)c1. The van der Waals surface area contributed by atoms with Gasteiger partial charge in [0.05, 0.1) is 0 Å². The van der Waals surface area contributed by atoms with Crippen LogP contribution < -0.4 is 9.47 Å². The molecule has 174 valence electrons. The van der Waals surface area contributed by atoms with Gasteiger partial charge < -0.3 is 14.6 Å². The van der Waals surface area contributed by atoms with Crippen LogP contribution in [-0.4, -0.2) is 48.5 Å². The monoisotopic (exact) mass is 510 g/mol. The third kappa shape index (κ3) is 7.33. The van der Waals surface area contributed by atoms with Gasteiger partial charge in [0.2, 0.25) is 10.0 Å². The number of rotatable bonds is 11. The van der Waals surface area contributed by atoms with Gasteiger partial charge in [0, 0.05) is 35.5 Å². The highest BCUT2D eigenvalue weighted by Crippen LogP contribution is 2.25. The molecular weight excluding hydrogens is 491 g/mol. The summed E-state index contributed by atoms with van der Waals surface area (Å²) in [4.78, 5) is 14.7. The van der Waals surface area contributed by atoms with E-state index in [-0.39, 0.29) is 24.6 Å². The predicted molar refractivity (Wildman–Crippen MR) is 123 cm³/mol. The normalized spacial score (nSPS) is 11.4. The van der Waals surface area contributed by atoms with Gasteiger partial charge in [-0.3, -0.25) is 4.98 Å². The molecule has 1 aromatic heterocycles. The van der Waals surface area contributed by atoms with E-state index in [1.54, 1.807) is 42.5 Å². The molecule has 2 aromatic carbocycles. The minimum Gasteiger partial charge on any atom is -0.492 e. The zero-order valence-electron chi connectivity index (χ0n) is 17.2. The van der Waals surface area contributed by atoms with Crippen molar-refractivity contribution in [3.63, 3.8) is 0 Å². The van der Waals surface area contributed by atoms with E-state index in [0.717, 1.165) is 0 Å². The highest BCUT2D eigenvalue weighted by molar-refractivity contribution is 7.89. The van der Waals surface area contributed by atoms with E-state index in [2.05, 4.69) is 4.98 Å². The quantitative estimate of drug-likeness (QED) is 0.413. The number of carbonyl (C=O) groups is 1. The number of hydrogen-bond donors (Lipinski definition) is 1. The Labute approximate surface area is 201 Å². The first-order valence-corrected chi connectivity index (χ1v) is 11.9. The summed E-state index contributed by atoms with van der Waals surface area (Å²) < 4.78 is 38.6. The Hall–Kier alpha value is -2.85. The topological polar surface area (TPSA) is 106 Å². The molecular formula is C22H20Cl2N2O6S. The summed E-state index contributed by atoms with van der Waals surface area (Å²) in [6.07, 6.45) is 2.75. The van der Waals surface area contributed by atoms with Crippen molar-refractivity contribution in [3.8, 4) is 11.5 Å². The van der Waals surface area contributed by atoms with Crippen molar-refractivity contribution in [2.24, 2.45) is 0 Å². The van der Waals surface area contributed by atoms with E-state index < -0.39 is 22.6 Å². The van der Waals surface area contributed by atoms with E-state index >= 15 is 0 Å². The van der Waals surface area contributed by atoms with Crippen molar-refractivity contribution >= 4 is 39.2 Å². The maximum Gasteiger partial charge on any atom is 0.341 e. The van der Waals surface area contributed by atoms with Crippen LogP contribution in [0.5, 0.6) is 11.5 Å². The van der Waals surface area contributed by atoms with Gasteiger partial charge in [0.1, 0.15) is 23.0 Å². The molecule has 0 bridgehead atoms. The van der Waals surface area contributed by atoms with E-state index in [0.29, 0.717) is 27.1 Å². The summed E-state index contributed by atoms with van der Waals surface area (Å²) in [6.45, 7) is -0.453. The van der Waals surface area contributed by atoms with Crippen LogP contribution in [0.15, 0.2) is 71.9 Å². The van der Waals surface area contributed by atoms with Gasteiger partial charge >= 0.3 is 5.97 Å². The van der Waals surface area contributed by atoms with Crippen LogP contribution in [0.1, 0.15) is 5.56 Å². The minimum atomic E-state index is -3.90. The summed E-state index contributed by atoms with van der Waals surface area (Å²) in [5.74, 6) is -0.381. The van der Waals surface area contributed by atoms with Crippen LogP contribution in [0.25, 0.3) is 0 Å². The second kappa shape index (κ2) is 11.3. The Kier molecular flexibility index (Phi) is 8.51. The fraction of sp³-hybridized carbons (Fsp3) is 0.182. The summed E-state index contributed by atoms with van der Waals surface area (Å²) in [6, 6.07) is 14.3. The Morgan fingerprint density at radius 1 is 1.00 bits per heavy atom. The number of sulfonamides is 1. The number of ether oxygens (including phenoxy) is 2. The van der Waals surface area contributed by atoms with Gasteiger partial charge in [-0.15, -0.1) is 0 Å². The molecule has 0 radical (unpaired) electrons. The Balaban J connectivity index is 1.80. The van der Waals surface area contributed by atoms with Crippen LogP contribution in [0.2, 0.25) is 10.0 Å². The molecule has 11 heteroatoms. The lowest BCUT2D eigenvalue weighted by Crippen LogP contribution is -2.34. The smallest absolute Gasteiger partial charge is 0.341 e. The highest BCUT2D eigenvalue weighted by atomic mass is 35.5. The Bertz CT molecular complexity index is 1190. The number of nitrogens with zero attached hydrogens (tertiary/aromatic N) is 2. The first kappa shape index (κ1) is 24.8. The van der Waals surface area contributed by atoms with E-state index in [9.17, 15) is 13.2 Å². The van der Waals surface area contributed by atoms with Crippen LogP contribution in [0, 0.1) is 0 Å². The molecule has 0 aliphatic rings. The Morgan fingerprint density at radius 2 is 1.76 bits per heavy atom.